The van der Waals surface area contributed by atoms with E-state index < -0.39 is 0 Å². The van der Waals surface area contributed by atoms with E-state index in [2.05, 4.69) is 11.4 Å². The maximum atomic E-state index is 12.8. The molecule has 0 spiro atoms. The molecule has 1 unspecified atom stereocenters. The molecular weight excluding hydrogens is 366 g/mol. The molecule has 0 radical (unpaired) electrons. The minimum Gasteiger partial charge on any atom is -0.490 e. The normalized spacial score (nSPS) is 14.1. The summed E-state index contributed by atoms with van der Waals surface area (Å²) < 4.78 is 13.3. The van der Waals surface area contributed by atoms with Gasteiger partial charge in [0.25, 0.3) is 0 Å². The molecule has 1 aliphatic rings. The smallest absolute Gasteiger partial charge is 0.240 e. The molecule has 2 heterocycles. The van der Waals surface area contributed by atoms with Crippen LogP contribution in [0.25, 0.3) is 10.9 Å². The third-order valence-corrected chi connectivity index (χ3v) is 5.29. The number of carbonyl (C=O) groups is 1. The van der Waals surface area contributed by atoms with Crippen LogP contribution in [0.15, 0.2) is 42.5 Å². The molecule has 148 valence electrons. The second-order valence-corrected chi connectivity index (χ2v) is 7.22. The third-order valence-electron chi connectivity index (χ3n) is 5.29. The molecule has 1 atom stereocenters. The van der Waals surface area contributed by atoms with Gasteiger partial charge < -0.3 is 19.4 Å². The fourth-order valence-electron chi connectivity index (χ4n) is 3.74. The Morgan fingerprint density at radius 3 is 2.76 bits per heavy atom. The van der Waals surface area contributed by atoms with Crippen LogP contribution in [0.2, 0.25) is 0 Å². The van der Waals surface area contributed by atoms with E-state index in [4.69, 9.17) is 9.47 Å². The van der Waals surface area contributed by atoms with E-state index >= 15 is 0 Å². The van der Waals surface area contributed by atoms with Crippen molar-refractivity contribution in [1.82, 2.24) is 9.88 Å². The quantitative estimate of drug-likeness (QED) is 0.735. The molecule has 1 amide bonds. The molecule has 0 aliphatic carbocycles. The van der Waals surface area contributed by atoms with E-state index in [1.807, 2.05) is 60.9 Å². The first kappa shape index (κ1) is 18.9. The predicted molar refractivity (Wildman–Crippen MR) is 110 cm³/mol. The van der Waals surface area contributed by atoms with Crippen LogP contribution >= 0.6 is 0 Å². The molecule has 2 aromatic carbocycles. The average Bonchev–Trinajstić information content (AvgIpc) is 2.87. The van der Waals surface area contributed by atoms with Crippen molar-refractivity contribution in [3.05, 3.63) is 59.3 Å². The molecule has 3 aromatic rings. The Morgan fingerprint density at radius 1 is 1.21 bits per heavy atom. The van der Waals surface area contributed by atoms with Gasteiger partial charge in [-0.1, -0.05) is 24.3 Å². The van der Waals surface area contributed by atoms with Crippen LogP contribution < -0.4 is 14.8 Å². The van der Waals surface area contributed by atoms with Crippen molar-refractivity contribution in [2.45, 2.75) is 32.9 Å². The summed E-state index contributed by atoms with van der Waals surface area (Å²) in [6.45, 7) is 5.24. The number of nitriles is 1. The van der Waals surface area contributed by atoms with Crippen LogP contribution in [-0.4, -0.2) is 23.7 Å². The van der Waals surface area contributed by atoms with Gasteiger partial charge in [0.2, 0.25) is 5.91 Å². The molecule has 4 rings (SSSR count). The highest BCUT2D eigenvalue weighted by Crippen LogP contribution is 2.32. The topological polar surface area (TPSA) is 76.3 Å². The van der Waals surface area contributed by atoms with E-state index in [-0.39, 0.29) is 18.5 Å². The van der Waals surface area contributed by atoms with Gasteiger partial charge in [-0.05, 0) is 37.6 Å². The molecule has 6 nitrogen and oxygen atoms in total. The lowest BCUT2D eigenvalue weighted by Gasteiger charge is -2.17. The van der Waals surface area contributed by atoms with Gasteiger partial charge in [-0.25, -0.2) is 0 Å². The van der Waals surface area contributed by atoms with Gasteiger partial charge >= 0.3 is 0 Å². The maximum absolute atomic E-state index is 12.8. The van der Waals surface area contributed by atoms with Crippen LogP contribution in [0.4, 0.5) is 0 Å². The number of rotatable bonds is 4. The van der Waals surface area contributed by atoms with Crippen LogP contribution in [-0.2, 0) is 11.3 Å². The van der Waals surface area contributed by atoms with Crippen molar-refractivity contribution < 1.29 is 14.3 Å². The van der Waals surface area contributed by atoms with Crippen molar-refractivity contribution in [3.8, 4) is 17.6 Å². The lowest BCUT2D eigenvalue weighted by Crippen LogP contribution is -2.30. The Hall–Kier alpha value is -3.46. The standard InChI is InChI=1S/C23H23N3O3/c1-15(17-8-9-21-22(12-17)29-11-5-10-28-21)25-23(27)14-26-16(2)19(13-24)18-6-3-4-7-20(18)26/h3-4,6-9,12,15H,5,10-11,14H2,1-2H3,(H,25,27). The molecule has 0 fully saturated rings. The number of ether oxygens (including phenoxy) is 2. The molecule has 6 heteroatoms. The highest BCUT2D eigenvalue weighted by Gasteiger charge is 2.18. The molecule has 0 saturated carbocycles. The number of para-hydroxylation sites is 1. The second kappa shape index (κ2) is 7.88. The molecule has 1 aromatic heterocycles. The molecule has 29 heavy (non-hydrogen) atoms. The Labute approximate surface area is 169 Å². The lowest BCUT2D eigenvalue weighted by atomic mass is 10.1. The number of carbonyl (C=O) groups excluding carboxylic acids is 1. The van der Waals surface area contributed by atoms with Crippen LogP contribution in [0.3, 0.4) is 0 Å². The molecular formula is C23H23N3O3. The van der Waals surface area contributed by atoms with Gasteiger partial charge in [-0.2, -0.15) is 5.26 Å². The van der Waals surface area contributed by atoms with Crippen LogP contribution in [0.1, 0.15) is 36.2 Å². The first-order chi connectivity index (χ1) is 14.1. The zero-order valence-corrected chi connectivity index (χ0v) is 16.6. The summed E-state index contributed by atoms with van der Waals surface area (Å²) in [6.07, 6.45) is 0.852. The number of nitrogens with zero attached hydrogens (tertiary/aromatic N) is 2. The van der Waals surface area contributed by atoms with E-state index in [9.17, 15) is 10.1 Å². The van der Waals surface area contributed by atoms with E-state index in [0.29, 0.717) is 24.5 Å². The van der Waals surface area contributed by atoms with E-state index in [0.717, 1.165) is 34.3 Å². The van der Waals surface area contributed by atoms with E-state index in [1.54, 1.807) is 0 Å². The first-order valence-electron chi connectivity index (χ1n) is 9.75. The molecule has 1 aliphatic heterocycles. The molecule has 0 saturated heterocycles. The van der Waals surface area contributed by atoms with Gasteiger partial charge in [-0.15, -0.1) is 0 Å². The van der Waals surface area contributed by atoms with Gasteiger partial charge in [0.1, 0.15) is 12.6 Å². The summed E-state index contributed by atoms with van der Waals surface area (Å²) in [5, 5.41) is 13.4. The number of aromatic nitrogens is 1. The summed E-state index contributed by atoms with van der Waals surface area (Å²) in [5.74, 6) is 1.34. The third kappa shape index (κ3) is 3.64. The Kier molecular flexibility index (Phi) is 5.13. The predicted octanol–water partition coefficient (Wildman–Crippen LogP) is 3.86. The Balaban J connectivity index is 1.52. The zero-order chi connectivity index (χ0) is 20.4. The monoisotopic (exact) mass is 389 g/mol. The largest absolute Gasteiger partial charge is 0.490 e. The summed E-state index contributed by atoms with van der Waals surface area (Å²) >= 11 is 0. The highest BCUT2D eigenvalue weighted by atomic mass is 16.5. The van der Waals surface area contributed by atoms with Crippen molar-refractivity contribution in [1.29, 1.82) is 5.26 Å². The van der Waals surface area contributed by atoms with Crippen molar-refractivity contribution in [2.24, 2.45) is 0 Å². The van der Waals surface area contributed by atoms with Gasteiger partial charge in [0.15, 0.2) is 11.5 Å². The SMILES string of the molecule is Cc1c(C#N)c2ccccc2n1CC(=O)NC(C)c1ccc2c(c1)OCCCO2. The average molecular weight is 389 g/mol. The second-order valence-electron chi connectivity index (χ2n) is 7.22. The van der Waals surface area contributed by atoms with Crippen LogP contribution in [0.5, 0.6) is 11.5 Å². The van der Waals surface area contributed by atoms with Gasteiger partial charge in [-0.3, -0.25) is 4.79 Å². The summed E-state index contributed by atoms with van der Waals surface area (Å²) in [6, 6.07) is 15.5. The number of hydrogen-bond acceptors (Lipinski definition) is 4. The summed E-state index contributed by atoms with van der Waals surface area (Å²) in [7, 11) is 0. The fraction of sp³-hybridized carbons (Fsp3) is 0.304. The fourth-order valence-corrected chi connectivity index (χ4v) is 3.74. The van der Waals surface area contributed by atoms with Gasteiger partial charge in [0, 0.05) is 17.5 Å². The van der Waals surface area contributed by atoms with Crippen molar-refractivity contribution >= 4 is 16.8 Å². The van der Waals surface area contributed by atoms with E-state index in [1.165, 1.54) is 0 Å². The van der Waals surface area contributed by atoms with Crippen molar-refractivity contribution in [3.63, 3.8) is 0 Å². The van der Waals surface area contributed by atoms with Gasteiger partial charge in [0.05, 0.1) is 30.3 Å². The van der Waals surface area contributed by atoms with Crippen LogP contribution in [0, 0.1) is 18.3 Å². The highest BCUT2D eigenvalue weighted by molar-refractivity contribution is 5.89. The minimum absolute atomic E-state index is 0.113. The number of hydrogen-bond donors (Lipinski definition) is 1. The lowest BCUT2D eigenvalue weighted by molar-refractivity contribution is -0.122. The van der Waals surface area contributed by atoms with Crippen molar-refractivity contribution in [2.75, 3.05) is 13.2 Å². The molecule has 1 N–H and O–H groups in total. The summed E-state index contributed by atoms with van der Waals surface area (Å²) in [5.41, 5.74) is 3.26. The summed E-state index contributed by atoms with van der Waals surface area (Å²) in [4.78, 5) is 12.8. The maximum Gasteiger partial charge on any atom is 0.240 e. The zero-order valence-electron chi connectivity index (χ0n) is 16.6. The Morgan fingerprint density at radius 2 is 1.97 bits per heavy atom. The number of amides is 1. The molecule has 0 bridgehead atoms. The Bertz CT molecular complexity index is 1110. The number of benzene rings is 2. The number of fused-ring (bicyclic) bond motifs is 2. The number of nitrogens with one attached hydrogen (secondary N) is 1. The minimum atomic E-state index is -0.183. The first-order valence-corrected chi connectivity index (χ1v) is 9.75.